The number of rotatable bonds is 9. The highest BCUT2D eigenvalue weighted by molar-refractivity contribution is 6.07. The maximum atomic E-state index is 13.0. The minimum absolute atomic E-state index is 0.0229. The third kappa shape index (κ3) is 6.59. The number of H-pyrrole nitrogens is 1. The SMILES string of the molecule is COc1ccc(CCOc2ccc(NC(=O)Nc3cc(-c4cccc(C(C)(C)C)c4C)[nH]n3)c3ccccc23)cc1OC. The summed E-state index contributed by atoms with van der Waals surface area (Å²) in [5.74, 6) is 2.56. The maximum Gasteiger partial charge on any atom is 0.324 e. The molecule has 222 valence electrons. The molecule has 0 unspecified atom stereocenters. The minimum atomic E-state index is -0.384. The van der Waals surface area contributed by atoms with Crippen molar-refractivity contribution in [3.05, 3.63) is 95.6 Å². The van der Waals surface area contributed by atoms with Gasteiger partial charge in [-0.3, -0.25) is 10.4 Å². The number of aromatic nitrogens is 2. The molecule has 43 heavy (non-hydrogen) atoms. The fourth-order valence-electron chi connectivity index (χ4n) is 5.35. The summed E-state index contributed by atoms with van der Waals surface area (Å²) in [6.45, 7) is 9.20. The van der Waals surface area contributed by atoms with Crippen LogP contribution in [0.4, 0.5) is 16.3 Å². The molecule has 0 atom stereocenters. The van der Waals surface area contributed by atoms with Gasteiger partial charge in [-0.1, -0.05) is 69.3 Å². The number of fused-ring (bicyclic) bond motifs is 1. The van der Waals surface area contributed by atoms with Crippen molar-refractivity contribution in [2.45, 2.75) is 39.5 Å². The lowest BCUT2D eigenvalue weighted by Gasteiger charge is -2.23. The average Bonchev–Trinajstić information content (AvgIpc) is 3.45. The van der Waals surface area contributed by atoms with Gasteiger partial charge in [0, 0.05) is 28.8 Å². The number of hydrogen-bond donors (Lipinski definition) is 3. The van der Waals surface area contributed by atoms with Crippen molar-refractivity contribution in [3.8, 4) is 28.5 Å². The molecule has 1 heterocycles. The number of aromatic amines is 1. The number of ether oxygens (including phenoxy) is 3. The Balaban J connectivity index is 1.26. The molecule has 0 fully saturated rings. The van der Waals surface area contributed by atoms with Gasteiger partial charge in [0.1, 0.15) is 5.75 Å². The van der Waals surface area contributed by atoms with Crippen molar-refractivity contribution in [1.29, 1.82) is 0 Å². The van der Waals surface area contributed by atoms with Gasteiger partial charge in [0.15, 0.2) is 17.3 Å². The Morgan fingerprint density at radius 2 is 1.58 bits per heavy atom. The molecule has 1 aromatic heterocycles. The van der Waals surface area contributed by atoms with Crippen LogP contribution in [0.1, 0.15) is 37.5 Å². The van der Waals surface area contributed by atoms with Crippen molar-refractivity contribution in [2.75, 3.05) is 31.5 Å². The Labute approximate surface area is 252 Å². The Morgan fingerprint density at radius 3 is 2.33 bits per heavy atom. The number of hydrogen-bond acceptors (Lipinski definition) is 5. The van der Waals surface area contributed by atoms with Gasteiger partial charge < -0.3 is 19.5 Å². The molecule has 5 aromatic rings. The topological polar surface area (TPSA) is 97.5 Å². The van der Waals surface area contributed by atoms with Gasteiger partial charge in [-0.25, -0.2) is 4.79 Å². The number of nitrogens with zero attached hydrogens (tertiary/aromatic N) is 1. The lowest BCUT2D eigenvalue weighted by atomic mass is 9.82. The van der Waals surface area contributed by atoms with E-state index in [2.05, 4.69) is 66.7 Å². The van der Waals surface area contributed by atoms with Crippen molar-refractivity contribution < 1.29 is 19.0 Å². The molecule has 0 aliphatic carbocycles. The van der Waals surface area contributed by atoms with Gasteiger partial charge in [0.25, 0.3) is 0 Å². The summed E-state index contributed by atoms with van der Waals surface area (Å²) in [6.07, 6.45) is 0.697. The number of carbonyl (C=O) groups is 1. The van der Waals surface area contributed by atoms with Crippen LogP contribution in [0.5, 0.6) is 17.2 Å². The average molecular weight is 579 g/mol. The standard InChI is InChI=1S/C35H38N4O4/c1-22-24(12-9-13-27(22)35(2,3)4)29-21-33(39-38-29)37-34(40)36-28-15-17-30(26-11-8-7-10-25(26)28)43-19-18-23-14-16-31(41-5)32(20-23)42-6/h7-17,20-21H,18-19H2,1-6H3,(H3,36,37,38,39,40). The van der Waals surface area contributed by atoms with E-state index in [0.717, 1.165) is 33.3 Å². The molecule has 2 amide bonds. The molecule has 0 aliphatic rings. The fourth-order valence-corrected chi connectivity index (χ4v) is 5.35. The Bertz CT molecular complexity index is 1750. The first-order valence-corrected chi connectivity index (χ1v) is 14.3. The fraction of sp³-hybridized carbons (Fsp3) is 0.257. The highest BCUT2D eigenvalue weighted by Gasteiger charge is 2.19. The van der Waals surface area contributed by atoms with Gasteiger partial charge in [-0.2, -0.15) is 5.10 Å². The van der Waals surface area contributed by atoms with Gasteiger partial charge in [0.05, 0.1) is 32.2 Å². The first kappa shape index (κ1) is 29.5. The zero-order valence-corrected chi connectivity index (χ0v) is 25.5. The van der Waals surface area contributed by atoms with E-state index in [1.807, 2.05) is 60.7 Å². The lowest BCUT2D eigenvalue weighted by Crippen LogP contribution is -2.19. The normalized spacial score (nSPS) is 11.3. The second kappa shape index (κ2) is 12.5. The van der Waals surface area contributed by atoms with Crippen LogP contribution in [-0.2, 0) is 11.8 Å². The monoisotopic (exact) mass is 578 g/mol. The molecule has 0 bridgehead atoms. The Morgan fingerprint density at radius 1 is 0.837 bits per heavy atom. The molecule has 0 radical (unpaired) electrons. The van der Waals surface area contributed by atoms with Crippen molar-refractivity contribution in [3.63, 3.8) is 0 Å². The second-order valence-corrected chi connectivity index (χ2v) is 11.4. The predicted octanol–water partition coefficient (Wildman–Crippen LogP) is 8.12. The van der Waals surface area contributed by atoms with E-state index in [-0.39, 0.29) is 11.4 Å². The first-order chi connectivity index (χ1) is 20.7. The molecule has 8 heteroatoms. The van der Waals surface area contributed by atoms with Gasteiger partial charge >= 0.3 is 6.03 Å². The molecule has 5 rings (SSSR count). The smallest absolute Gasteiger partial charge is 0.324 e. The van der Waals surface area contributed by atoms with E-state index < -0.39 is 0 Å². The molecule has 0 aliphatic heterocycles. The van der Waals surface area contributed by atoms with Crippen molar-refractivity contribution in [1.82, 2.24) is 10.2 Å². The largest absolute Gasteiger partial charge is 0.493 e. The number of nitrogens with one attached hydrogen (secondary N) is 3. The van der Waals surface area contributed by atoms with E-state index in [1.54, 1.807) is 14.2 Å². The molecule has 0 spiro atoms. The minimum Gasteiger partial charge on any atom is -0.493 e. The second-order valence-electron chi connectivity index (χ2n) is 11.4. The van der Waals surface area contributed by atoms with E-state index >= 15 is 0 Å². The third-order valence-corrected chi connectivity index (χ3v) is 7.48. The van der Waals surface area contributed by atoms with Crippen LogP contribution in [0.15, 0.2) is 78.9 Å². The number of anilines is 2. The molecule has 4 aromatic carbocycles. The highest BCUT2D eigenvalue weighted by Crippen LogP contribution is 2.34. The van der Waals surface area contributed by atoms with Crippen LogP contribution in [-0.4, -0.2) is 37.1 Å². The van der Waals surface area contributed by atoms with Crippen molar-refractivity contribution >= 4 is 28.3 Å². The Kier molecular flexibility index (Phi) is 8.57. The van der Waals surface area contributed by atoms with Crippen LogP contribution in [0, 0.1) is 6.92 Å². The van der Waals surface area contributed by atoms with Crippen molar-refractivity contribution in [2.24, 2.45) is 0 Å². The van der Waals surface area contributed by atoms with Gasteiger partial charge in [-0.05, 0) is 53.3 Å². The number of methoxy groups -OCH3 is 2. The summed E-state index contributed by atoms with van der Waals surface area (Å²) in [7, 11) is 3.25. The van der Waals surface area contributed by atoms with Gasteiger partial charge in [0.2, 0.25) is 0 Å². The summed E-state index contributed by atoms with van der Waals surface area (Å²) < 4.78 is 16.9. The van der Waals surface area contributed by atoms with E-state index in [1.165, 1.54) is 11.1 Å². The molecule has 0 saturated carbocycles. The number of urea groups is 1. The lowest BCUT2D eigenvalue weighted by molar-refractivity contribution is 0.262. The number of benzene rings is 4. The van der Waals surface area contributed by atoms with Crippen LogP contribution in [0.2, 0.25) is 0 Å². The zero-order valence-electron chi connectivity index (χ0n) is 25.5. The molecular formula is C35H38N4O4. The molecule has 3 N–H and O–H groups in total. The number of carbonyl (C=O) groups excluding carboxylic acids is 1. The summed E-state index contributed by atoms with van der Waals surface area (Å²) in [5, 5.41) is 15.0. The molecular weight excluding hydrogens is 540 g/mol. The van der Waals surface area contributed by atoms with E-state index in [0.29, 0.717) is 36.0 Å². The first-order valence-electron chi connectivity index (χ1n) is 14.3. The van der Waals surface area contributed by atoms with Crippen LogP contribution < -0.4 is 24.8 Å². The molecule has 0 saturated heterocycles. The third-order valence-electron chi connectivity index (χ3n) is 7.48. The predicted molar refractivity (Wildman–Crippen MR) is 173 cm³/mol. The highest BCUT2D eigenvalue weighted by atomic mass is 16.5. The van der Waals surface area contributed by atoms with E-state index in [9.17, 15) is 4.79 Å². The maximum absolute atomic E-state index is 13.0. The van der Waals surface area contributed by atoms with E-state index in [4.69, 9.17) is 14.2 Å². The summed E-state index contributed by atoms with van der Waals surface area (Å²) in [6, 6.07) is 25.2. The summed E-state index contributed by atoms with van der Waals surface area (Å²) >= 11 is 0. The summed E-state index contributed by atoms with van der Waals surface area (Å²) in [4.78, 5) is 13.0. The van der Waals surface area contributed by atoms with Gasteiger partial charge in [-0.15, -0.1) is 0 Å². The van der Waals surface area contributed by atoms with Crippen LogP contribution in [0.25, 0.3) is 22.0 Å². The summed E-state index contributed by atoms with van der Waals surface area (Å²) in [5.41, 5.74) is 6.13. The molecule has 8 nitrogen and oxygen atoms in total. The Hall–Kier alpha value is -4.98. The number of amides is 2. The van der Waals surface area contributed by atoms with Crippen LogP contribution >= 0.6 is 0 Å². The van der Waals surface area contributed by atoms with Crippen LogP contribution in [0.3, 0.4) is 0 Å². The quantitative estimate of drug-likeness (QED) is 0.164. The zero-order chi connectivity index (χ0) is 30.6.